The van der Waals surface area contributed by atoms with Crippen molar-refractivity contribution in [2.24, 2.45) is 5.73 Å². The van der Waals surface area contributed by atoms with Crippen LogP contribution in [0.3, 0.4) is 0 Å². The van der Waals surface area contributed by atoms with Crippen LogP contribution in [-0.2, 0) is 6.54 Å². The second kappa shape index (κ2) is 4.23. The third kappa shape index (κ3) is 3.03. The van der Waals surface area contributed by atoms with Crippen molar-refractivity contribution in [1.29, 1.82) is 0 Å². The minimum atomic E-state index is 0.0699. The Hall–Kier alpha value is -1.09. The molecule has 1 heterocycles. The summed E-state index contributed by atoms with van der Waals surface area (Å²) < 4.78 is 1.89. The Kier molecular flexibility index (Phi) is 3.25. The van der Waals surface area contributed by atoms with E-state index in [9.17, 15) is 0 Å². The zero-order chi connectivity index (χ0) is 9.84. The normalized spacial score (nSPS) is 12.6. The molecular weight excluding hydrogens is 162 g/mol. The van der Waals surface area contributed by atoms with Crippen LogP contribution in [0, 0.1) is 0 Å². The van der Waals surface area contributed by atoms with Crippen LogP contribution in [0.4, 0.5) is 0 Å². The van der Waals surface area contributed by atoms with E-state index in [0.29, 0.717) is 0 Å². The van der Waals surface area contributed by atoms with Gasteiger partial charge in [0, 0.05) is 17.8 Å². The van der Waals surface area contributed by atoms with Crippen LogP contribution in [-0.4, -0.2) is 9.78 Å². The highest BCUT2D eigenvalue weighted by molar-refractivity contribution is 5.08. The molecule has 0 saturated heterocycles. The molecule has 0 unspecified atom stereocenters. The average molecular weight is 179 g/mol. The quantitative estimate of drug-likeness (QED) is 0.720. The molecular formula is C10H17N3. The van der Waals surface area contributed by atoms with Crippen molar-refractivity contribution in [3.63, 3.8) is 0 Å². The highest BCUT2D eigenvalue weighted by Gasteiger charge is 2.01. The van der Waals surface area contributed by atoms with Crippen molar-refractivity contribution in [2.45, 2.75) is 33.4 Å². The number of allylic oxidation sites excluding steroid dienone is 2. The Labute approximate surface area is 79.2 Å². The molecule has 3 heteroatoms. The van der Waals surface area contributed by atoms with Gasteiger partial charge in [0.25, 0.3) is 0 Å². The van der Waals surface area contributed by atoms with Crippen molar-refractivity contribution in [3.05, 3.63) is 29.6 Å². The summed E-state index contributed by atoms with van der Waals surface area (Å²) >= 11 is 0. The van der Waals surface area contributed by atoms with E-state index in [-0.39, 0.29) is 6.04 Å². The zero-order valence-corrected chi connectivity index (χ0v) is 8.49. The van der Waals surface area contributed by atoms with Crippen LogP contribution < -0.4 is 5.73 Å². The van der Waals surface area contributed by atoms with Crippen molar-refractivity contribution >= 4 is 0 Å². The minimum absolute atomic E-state index is 0.0699. The van der Waals surface area contributed by atoms with Crippen LogP contribution >= 0.6 is 0 Å². The van der Waals surface area contributed by atoms with Gasteiger partial charge in [-0.1, -0.05) is 11.6 Å². The lowest BCUT2D eigenvalue weighted by Gasteiger charge is -1.98. The summed E-state index contributed by atoms with van der Waals surface area (Å²) in [6, 6.07) is 0.0699. The first-order valence-electron chi connectivity index (χ1n) is 4.51. The summed E-state index contributed by atoms with van der Waals surface area (Å²) in [5.41, 5.74) is 8.10. The first-order valence-corrected chi connectivity index (χ1v) is 4.51. The lowest BCUT2D eigenvalue weighted by atomic mass is 10.2. The molecule has 0 aliphatic rings. The van der Waals surface area contributed by atoms with E-state index in [1.807, 2.05) is 24.0 Å². The fraction of sp³-hybridized carbons (Fsp3) is 0.500. The van der Waals surface area contributed by atoms with Gasteiger partial charge in [-0.15, -0.1) is 0 Å². The van der Waals surface area contributed by atoms with Gasteiger partial charge in [0.1, 0.15) is 0 Å². The van der Waals surface area contributed by atoms with Crippen LogP contribution in [0.1, 0.15) is 32.4 Å². The molecule has 3 nitrogen and oxygen atoms in total. The standard InChI is InChI=1S/C10H17N3/c1-8(2)4-5-13-7-10(6-12-13)9(3)11/h4,6-7,9H,5,11H2,1-3H3/t9-/m0/s1. The fourth-order valence-corrected chi connectivity index (χ4v) is 0.991. The van der Waals surface area contributed by atoms with Crippen molar-refractivity contribution in [3.8, 4) is 0 Å². The van der Waals surface area contributed by atoms with E-state index in [1.165, 1.54) is 5.57 Å². The molecule has 1 aromatic heterocycles. The van der Waals surface area contributed by atoms with E-state index in [1.54, 1.807) is 0 Å². The van der Waals surface area contributed by atoms with Crippen LogP contribution in [0.2, 0.25) is 0 Å². The number of aromatic nitrogens is 2. The molecule has 0 bridgehead atoms. The van der Waals surface area contributed by atoms with Gasteiger partial charge in [0.05, 0.1) is 12.7 Å². The molecule has 0 saturated carbocycles. The molecule has 0 spiro atoms. The molecule has 0 amide bonds. The molecule has 72 valence electrons. The summed E-state index contributed by atoms with van der Waals surface area (Å²) in [6.45, 7) is 6.95. The predicted molar refractivity (Wildman–Crippen MR) is 54.3 cm³/mol. The van der Waals surface area contributed by atoms with E-state index >= 15 is 0 Å². The number of hydrogen-bond donors (Lipinski definition) is 1. The van der Waals surface area contributed by atoms with Crippen LogP contribution in [0.15, 0.2) is 24.0 Å². The maximum atomic E-state index is 5.71. The lowest BCUT2D eigenvalue weighted by Crippen LogP contribution is -2.03. The van der Waals surface area contributed by atoms with Gasteiger partial charge in [0.15, 0.2) is 0 Å². The number of hydrogen-bond acceptors (Lipinski definition) is 2. The summed E-state index contributed by atoms with van der Waals surface area (Å²) in [5.74, 6) is 0. The Morgan fingerprint density at radius 1 is 1.69 bits per heavy atom. The predicted octanol–water partition coefficient (Wildman–Crippen LogP) is 1.87. The van der Waals surface area contributed by atoms with Gasteiger partial charge in [-0.2, -0.15) is 5.10 Å². The van der Waals surface area contributed by atoms with Crippen LogP contribution in [0.5, 0.6) is 0 Å². The largest absolute Gasteiger partial charge is 0.324 e. The lowest BCUT2D eigenvalue weighted by molar-refractivity contribution is 0.696. The molecule has 0 aliphatic carbocycles. The molecule has 0 aromatic carbocycles. The Morgan fingerprint density at radius 3 is 2.85 bits per heavy atom. The first-order chi connectivity index (χ1) is 6.09. The van der Waals surface area contributed by atoms with Crippen molar-refractivity contribution in [1.82, 2.24) is 9.78 Å². The maximum Gasteiger partial charge on any atom is 0.0592 e. The Bertz CT molecular complexity index is 293. The molecule has 0 radical (unpaired) electrons. The smallest absolute Gasteiger partial charge is 0.0592 e. The van der Waals surface area contributed by atoms with Gasteiger partial charge >= 0.3 is 0 Å². The van der Waals surface area contributed by atoms with Gasteiger partial charge in [0.2, 0.25) is 0 Å². The summed E-state index contributed by atoms with van der Waals surface area (Å²) in [5, 5.41) is 4.20. The number of rotatable bonds is 3. The van der Waals surface area contributed by atoms with Gasteiger partial charge in [-0.25, -0.2) is 0 Å². The molecule has 2 N–H and O–H groups in total. The van der Waals surface area contributed by atoms with Gasteiger partial charge in [-0.3, -0.25) is 4.68 Å². The molecule has 1 rings (SSSR count). The highest BCUT2D eigenvalue weighted by atomic mass is 15.3. The van der Waals surface area contributed by atoms with Gasteiger partial charge in [-0.05, 0) is 20.8 Å². The SMILES string of the molecule is CC(C)=CCn1cc([C@H](C)N)cn1. The first kappa shape index (κ1) is 9.99. The van der Waals surface area contributed by atoms with Gasteiger partial charge < -0.3 is 5.73 Å². The maximum absolute atomic E-state index is 5.71. The van der Waals surface area contributed by atoms with Crippen molar-refractivity contribution in [2.75, 3.05) is 0 Å². The summed E-state index contributed by atoms with van der Waals surface area (Å²) in [7, 11) is 0. The number of nitrogens with zero attached hydrogens (tertiary/aromatic N) is 2. The number of nitrogens with two attached hydrogens (primary N) is 1. The molecule has 13 heavy (non-hydrogen) atoms. The summed E-state index contributed by atoms with van der Waals surface area (Å²) in [6.07, 6.45) is 5.95. The fourth-order valence-electron chi connectivity index (χ4n) is 0.991. The van der Waals surface area contributed by atoms with Crippen molar-refractivity contribution < 1.29 is 0 Å². The zero-order valence-electron chi connectivity index (χ0n) is 8.49. The second-order valence-corrected chi connectivity index (χ2v) is 3.57. The van der Waals surface area contributed by atoms with E-state index in [4.69, 9.17) is 5.73 Å². The third-order valence-electron chi connectivity index (χ3n) is 1.87. The molecule has 1 aromatic rings. The third-order valence-corrected chi connectivity index (χ3v) is 1.87. The second-order valence-electron chi connectivity index (χ2n) is 3.57. The monoisotopic (exact) mass is 179 g/mol. The topological polar surface area (TPSA) is 43.8 Å². The van der Waals surface area contributed by atoms with E-state index in [2.05, 4.69) is 25.0 Å². The van der Waals surface area contributed by atoms with E-state index < -0.39 is 0 Å². The Morgan fingerprint density at radius 2 is 2.38 bits per heavy atom. The Balaban J connectivity index is 2.64. The average Bonchev–Trinajstić information content (AvgIpc) is 2.48. The molecule has 0 fully saturated rings. The molecule has 0 aliphatic heterocycles. The molecule has 1 atom stereocenters. The van der Waals surface area contributed by atoms with Crippen LogP contribution in [0.25, 0.3) is 0 Å². The highest BCUT2D eigenvalue weighted by Crippen LogP contribution is 2.07. The minimum Gasteiger partial charge on any atom is -0.324 e. The van der Waals surface area contributed by atoms with E-state index in [0.717, 1.165) is 12.1 Å². The summed E-state index contributed by atoms with van der Waals surface area (Å²) in [4.78, 5) is 0.